The number of carbonyl (C=O) groups excluding carboxylic acids is 1. The number of benzene rings is 1. The first-order valence-electron chi connectivity index (χ1n) is 12.9. The minimum absolute atomic E-state index is 0.0770. The lowest BCUT2D eigenvalue weighted by molar-refractivity contribution is -0.137. The van der Waals surface area contributed by atoms with E-state index in [-0.39, 0.29) is 62.0 Å². The molecule has 0 aliphatic carbocycles. The number of aliphatic hydroxyl groups is 1. The van der Waals surface area contributed by atoms with Crippen LogP contribution in [0.5, 0.6) is 0 Å². The van der Waals surface area contributed by atoms with E-state index >= 15 is 0 Å². The van der Waals surface area contributed by atoms with Gasteiger partial charge in [-0.3, -0.25) is 14.3 Å². The molecule has 0 bridgehead atoms. The van der Waals surface area contributed by atoms with Crippen molar-refractivity contribution in [2.45, 2.75) is 65.7 Å². The number of carboxylic acid groups (broad SMARTS) is 2. The molecule has 2 unspecified atom stereocenters. The van der Waals surface area contributed by atoms with E-state index in [1.807, 2.05) is 39.8 Å². The number of hydrogen-bond acceptors (Lipinski definition) is 6. The highest BCUT2D eigenvalue weighted by atomic mass is 35.5. The Labute approximate surface area is 232 Å². The van der Waals surface area contributed by atoms with Crippen LogP contribution in [0.2, 0.25) is 5.02 Å². The van der Waals surface area contributed by atoms with Gasteiger partial charge >= 0.3 is 11.9 Å². The number of hydrogen-bond donors (Lipinski definition) is 3. The summed E-state index contributed by atoms with van der Waals surface area (Å²) in [6.45, 7) is 7.79. The standard InChI is InChI=1S/C28H36ClN3O7/c1-5-7-17(2)25-19-12-18(29)9-10-22(19)32(15-28(3,4)16-33)26(36)23(39-25)13-21-20(27(37)38)14-31(30-21)11-6-8-24(34)35/h5,7,9-10,12,14,17,23,25,33H,6,8,11,13,15-16H2,1-4H3,(H,34,35)(H,37,38)/b7-5-/t17?,23-,25?/m1/s1. The quantitative estimate of drug-likeness (QED) is 0.325. The maximum absolute atomic E-state index is 14.1. The molecule has 0 radical (unpaired) electrons. The van der Waals surface area contributed by atoms with Gasteiger partial charge < -0.3 is 25.0 Å². The molecule has 1 aliphatic rings. The Kier molecular flexibility index (Phi) is 9.93. The Bertz CT molecular complexity index is 1240. The largest absolute Gasteiger partial charge is 0.481 e. The van der Waals surface area contributed by atoms with Crippen molar-refractivity contribution in [3.05, 3.63) is 58.4 Å². The second-order valence-corrected chi connectivity index (χ2v) is 11.1. The molecule has 212 valence electrons. The third kappa shape index (κ3) is 7.46. The lowest BCUT2D eigenvalue weighted by Crippen LogP contribution is -2.46. The van der Waals surface area contributed by atoms with E-state index in [0.29, 0.717) is 10.7 Å². The van der Waals surface area contributed by atoms with Crippen LogP contribution in [0.25, 0.3) is 0 Å². The van der Waals surface area contributed by atoms with Gasteiger partial charge in [-0.2, -0.15) is 5.10 Å². The minimum Gasteiger partial charge on any atom is -0.481 e. The van der Waals surface area contributed by atoms with Gasteiger partial charge in [0.15, 0.2) is 0 Å². The van der Waals surface area contributed by atoms with E-state index in [2.05, 4.69) is 5.10 Å². The Morgan fingerprint density at radius 2 is 2.00 bits per heavy atom. The lowest BCUT2D eigenvalue weighted by atomic mass is 9.92. The van der Waals surface area contributed by atoms with Gasteiger partial charge in [0, 0.05) is 66.3 Å². The molecule has 3 rings (SSSR count). The molecule has 10 nitrogen and oxygen atoms in total. The Morgan fingerprint density at radius 3 is 2.62 bits per heavy atom. The predicted molar refractivity (Wildman–Crippen MR) is 146 cm³/mol. The number of carbonyl (C=O) groups is 3. The van der Waals surface area contributed by atoms with Crippen LogP contribution < -0.4 is 4.90 Å². The van der Waals surface area contributed by atoms with E-state index in [1.165, 1.54) is 10.9 Å². The van der Waals surface area contributed by atoms with Crippen molar-refractivity contribution in [3.8, 4) is 0 Å². The first kappa shape index (κ1) is 30.3. The van der Waals surface area contributed by atoms with Crippen LogP contribution in [0.1, 0.15) is 68.3 Å². The molecule has 1 aromatic heterocycles. The molecule has 3 atom stereocenters. The van der Waals surface area contributed by atoms with Gasteiger partial charge in [-0.05, 0) is 31.5 Å². The number of fused-ring (bicyclic) bond motifs is 1. The van der Waals surface area contributed by atoms with E-state index in [1.54, 1.807) is 23.1 Å². The number of aliphatic hydroxyl groups excluding tert-OH is 1. The number of aliphatic carboxylic acids is 1. The molecule has 0 saturated carbocycles. The molecule has 2 aromatic rings. The van der Waals surface area contributed by atoms with Crippen molar-refractivity contribution in [2.75, 3.05) is 18.1 Å². The fraction of sp³-hybridized carbons (Fsp3) is 0.500. The number of amides is 1. The number of rotatable bonds is 12. The van der Waals surface area contributed by atoms with Crippen molar-refractivity contribution < 1.29 is 34.4 Å². The average Bonchev–Trinajstić information content (AvgIpc) is 3.23. The zero-order valence-electron chi connectivity index (χ0n) is 22.6. The van der Waals surface area contributed by atoms with Gasteiger partial charge in [0.05, 0.1) is 11.8 Å². The number of ether oxygens (including phenoxy) is 1. The highest BCUT2D eigenvalue weighted by molar-refractivity contribution is 6.30. The fourth-order valence-electron chi connectivity index (χ4n) is 4.66. The lowest BCUT2D eigenvalue weighted by Gasteiger charge is -2.32. The SMILES string of the molecule is C/C=C\C(C)C1O[C@H](Cc2nn(CCCC(=O)O)cc2C(=O)O)C(=O)N(CC(C)(C)CO)c2ccc(Cl)cc21. The monoisotopic (exact) mass is 561 g/mol. The minimum atomic E-state index is -1.21. The molecule has 0 spiro atoms. The maximum atomic E-state index is 14.1. The topological polar surface area (TPSA) is 142 Å². The molecular weight excluding hydrogens is 526 g/mol. The van der Waals surface area contributed by atoms with E-state index in [0.717, 1.165) is 5.56 Å². The van der Waals surface area contributed by atoms with Crippen LogP contribution in [-0.2, 0) is 27.3 Å². The Balaban J connectivity index is 2.07. The number of anilines is 1. The van der Waals surface area contributed by atoms with Crippen molar-refractivity contribution in [1.29, 1.82) is 0 Å². The summed E-state index contributed by atoms with van der Waals surface area (Å²) in [4.78, 5) is 38.6. The molecule has 0 saturated heterocycles. The summed E-state index contributed by atoms with van der Waals surface area (Å²) in [5, 5.41) is 33.6. The van der Waals surface area contributed by atoms with E-state index in [4.69, 9.17) is 21.4 Å². The molecule has 0 fully saturated rings. The summed E-state index contributed by atoms with van der Waals surface area (Å²) in [6, 6.07) is 5.24. The van der Waals surface area contributed by atoms with Crippen LogP contribution >= 0.6 is 11.6 Å². The number of aromatic carboxylic acids is 1. The number of allylic oxidation sites excluding steroid dienone is 1. The van der Waals surface area contributed by atoms with Crippen LogP contribution in [0, 0.1) is 11.3 Å². The molecule has 39 heavy (non-hydrogen) atoms. The zero-order chi connectivity index (χ0) is 28.9. The van der Waals surface area contributed by atoms with Crippen molar-refractivity contribution in [1.82, 2.24) is 9.78 Å². The summed E-state index contributed by atoms with van der Waals surface area (Å²) < 4.78 is 7.87. The van der Waals surface area contributed by atoms with Crippen LogP contribution in [0.4, 0.5) is 5.69 Å². The summed E-state index contributed by atoms with van der Waals surface area (Å²) in [5.74, 6) is -2.69. The number of halogens is 1. The van der Waals surface area contributed by atoms with E-state index in [9.17, 15) is 24.6 Å². The van der Waals surface area contributed by atoms with Crippen molar-refractivity contribution in [2.24, 2.45) is 11.3 Å². The summed E-state index contributed by atoms with van der Waals surface area (Å²) in [5.41, 5.74) is 0.790. The summed E-state index contributed by atoms with van der Waals surface area (Å²) in [7, 11) is 0. The molecular formula is C28H36ClN3O7. The summed E-state index contributed by atoms with van der Waals surface area (Å²) in [6.07, 6.45) is 3.64. The van der Waals surface area contributed by atoms with Crippen LogP contribution in [0.15, 0.2) is 36.5 Å². The third-order valence-electron chi connectivity index (χ3n) is 6.65. The van der Waals surface area contributed by atoms with Crippen LogP contribution in [-0.4, -0.2) is 62.2 Å². The fourth-order valence-corrected chi connectivity index (χ4v) is 4.84. The number of aryl methyl sites for hydroxylation is 1. The van der Waals surface area contributed by atoms with E-state index < -0.39 is 29.6 Å². The molecule has 1 aliphatic heterocycles. The molecule has 11 heteroatoms. The van der Waals surface area contributed by atoms with Gasteiger partial charge in [0.1, 0.15) is 11.7 Å². The molecule has 2 heterocycles. The van der Waals surface area contributed by atoms with Crippen molar-refractivity contribution in [3.63, 3.8) is 0 Å². The molecule has 1 amide bonds. The number of nitrogens with zero attached hydrogens (tertiary/aromatic N) is 3. The second kappa shape index (κ2) is 12.8. The highest BCUT2D eigenvalue weighted by Crippen LogP contribution is 2.41. The van der Waals surface area contributed by atoms with Crippen molar-refractivity contribution >= 4 is 35.1 Å². The highest BCUT2D eigenvalue weighted by Gasteiger charge is 2.40. The average molecular weight is 562 g/mol. The van der Waals surface area contributed by atoms with Gasteiger partial charge in [-0.15, -0.1) is 0 Å². The zero-order valence-corrected chi connectivity index (χ0v) is 23.4. The number of carboxylic acids is 2. The van der Waals surface area contributed by atoms with Gasteiger partial charge in [0.25, 0.3) is 5.91 Å². The maximum Gasteiger partial charge on any atom is 0.339 e. The molecule has 1 aromatic carbocycles. The molecule has 3 N–H and O–H groups in total. The van der Waals surface area contributed by atoms with Gasteiger partial charge in [-0.1, -0.05) is 44.5 Å². The Morgan fingerprint density at radius 1 is 1.28 bits per heavy atom. The smallest absolute Gasteiger partial charge is 0.339 e. The second-order valence-electron chi connectivity index (χ2n) is 10.6. The first-order valence-corrected chi connectivity index (χ1v) is 13.3. The van der Waals surface area contributed by atoms with Gasteiger partial charge in [0.2, 0.25) is 0 Å². The first-order chi connectivity index (χ1) is 18.4. The van der Waals surface area contributed by atoms with Gasteiger partial charge in [-0.25, -0.2) is 4.79 Å². The Hall–Kier alpha value is -3.21. The van der Waals surface area contributed by atoms with Crippen LogP contribution in [0.3, 0.4) is 0 Å². The summed E-state index contributed by atoms with van der Waals surface area (Å²) >= 11 is 6.38. The predicted octanol–water partition coefficient (Wildman–Crippen LogP) is 4.35. The third-order valence-corrected chi connectivity index (χ3v) is 6.89. The number of aromatic nitrogens is 2. The normalized spacial score (nSPS) is 18.7.